The van der Waals surface area contributed by atoms with Crippen molar-refractivity contribution in [1.82, 2.24) is 20.5 Å². The number of amides is 1. The van der Waals surface area contributed by atoms with Crippen LogP contribution >= 0.6 is 0 Å². The summed E-state index contributed by atoms with van der Waals surface area (Å²) in [5, 5.41) is 21.5. The monoisotopic (exact) mass is 656 g/mol. The first-order valence-electron chi connectivity index (χ1n) is 13.4. The minimum Gasteiger partial charge on any atom is -0.494 e. The fraction of sp³-hybridized carbons (Fsp3) is 0.333. The number of nitrogens with one attached hydrogen (secondary N) is 1. The van der Waals surface area contributed by atoms with Crippen molar-refractivity contribution in [3.63, 3.8) is 0 Å². The lowest BCUT2D eigenvalue weighted by Gasteiger charge is -2.31. The number of methoxy groups -OCH3 is 1. The predicted octanol–water partition coefficient (Wildman–Crippen LogP) is 5.78. The van der Waals surface area contributed by atoms with Crippen LogP contribution in [0.15, 0.2) is 48.5 Å². The summed E-state index contributed by atoms with van der Waals surface area (Å²) >= 11 is 0. The van der Waals surface area contributed by atoms with Crippen LogP contribution in [0, 0.1) is 6.92 Å². The highest BCUT2D eigenvalue weighted by Gasteiger charge is 2.57. The van der Waals surface area contributed by atoms with E-state index < -0.39 is 78.3 Å². The molecule has 46 heavy (non-hydrogen) atoms. The van der Waals surface area contributed by atoms with Crippen LogP contribution in [0.3, 0.4) is 0 Å². The number of ether oxygens (including phenoxy) is 2. The van der Waals surface area contributed by atoms with Crippen molar-refractivity contribution in [3.8, 4) is 22.8 Å². The van der Waals surface area contributed by atoms with Gasteiger partial charge in [-0.3, -0.25) is 4.79 Å². The summed E-state index contributed by atoms with van der Waals surface area (Å²) < 4.78 is 123. The van der Waals surface area contributed by atoms with Gasteiger partial charge in [-0.25, -0.2) is 13.8 Å². The number of halogens is 8. The molecule has 1 atom stereocenters. The summed E-state index contributed by atoms with van der Waals surface area (Å²) in [7, 11) is 1.28. The van der Waals surface area contributed by atoms with Gasteiger partial charge >= 0.3 is 12.4 Å². The zero-order valence-corrected chi connectivity index (χ0v) is 24.0. The predicted molar refractivity (Wildman–Crippen MR) is 147 cm³/mol. The average molecular weight is 657 g/mol. The van der Waals surface area contributed by atoms with Crippen molar-refractivity contribution in [1.29, 1.82) is 0 Å². The van der Waals surface area contributed by atoms with E-state index >= 15 is 0 Å². The molecule has 244 valence electrons. The molecule has 1 unspecified atom stereocenters. The molecular weight excluding hydrogens is 632 g/mol. The molecule has 1 aliphatic rings. The van der Waals surface area contributed by atoms with Crippen molar-refractivity contribution in [3.05, 3.63) is 76.6 Å². The number of aryl methyl sites for hydroxylation is 1. The molecule has 0 aliphatic carbocycles. The van der Waals surface area contributed by atoms with E-state index in [0.717, 1.165) is 12.1 Å². The number of hydrogen-bond donors (Lipinski definition) is 2. The smallest absolute Gasteiger partial charge is 0.424 e. The van der Waals surface area contributed by atoms with E-state index in [2.05, 4.69) is 15.2 Å². The molecule has 0 saturated heterocycles. The highest BCUT2D eigenvalue weighted by atomic mass is 19.4. The number of aromatic nitrogens is 3. The molecule has 2 N–H and O–H groups in total. The molecule has 0 saturated carbocycles. The van der Waals surface area contributed by atoms with Crippen molar-refractivity contribution in [2.75, 3.05) is 33.6 Å². The van der Waals surface area contributed by atoms with Gasteiger partial charge in [0.25, 0.3) is 5.91 Å². The largest absolute Gasteiger partial charge is 0.494 e. The van der Waals surface area contributed by atoms with Crippen LogP contribution in [-0.2, 0) is 17.2 Å². The standard InChI is InChI=1S/C30H24F8N4O4/c1-15-7-17-8-18(9-21(45-2)23(17)42-41-15)26(43)39-13-28(44,30(36,37)38)22-10-20-25(46-14-27(20,11-31)12-32)24(40-22)16-3-5-19(6-4-16)29(33,34)35/h3-10,44H,11-14H2,1-2H3,(H,39,43). The fourth-order valence-electron chi connectivity index (χ4n) is 5.01. The molecule has 2 aromatic heterocycles. The molecule has 0 spiro atoms. The average Bonchev–Trinajstić information content (AvgIpc) is 3.40. The molecule has 0 bridgehead atoms. The summed E-state index contributed by atoms with van der Waals surface area (Å²) in [6, 6.07) is 7.82. The van der Waals surface area contributed by atoms with Gasteiger partial charge in [-0.2, -0.15) is 31.4 Å². The summed E-state index contributed by atoms with van der Waals surface area (Å²) in [5.41, 5.74) is -8.76. The van der Waals surface area contributed by atoms with Crippen LogP contribution < -0.4 is 14.8 Å². The Labute approximate surface area is 255 Å². The van der Waals surface area contributed by atoms with Gasteiger partial charge in [-0.1, -0.05) is 12.1 Å². The lowest BCUT2D eigenvalue weighted by Crippen LogP contribution is -2.51. The molecule has 1 aliphatic heterocycles. The third-order valence-electron chi connectivity index (χ3n) is 7.69. The summed E-state index contributed by atoms with van der Waals surface area (Å²) in [4.78, 5) is 17.0. The van der Waals surface area contributed by atoms with Crippen LogP contribution in [0.5, 0.6) is 11.5 Å². The molecule has 16 heteroatoms. The van der Waals surface area contributed by atoms with Crippen molar-refractivity contribution < 1.29 is 54.5 Å². The number of fused-ring (bicyclic) bond motifs is 2. The number of carbonyl (C=O) groups is 1. The normalized spacial score (nSPS) is 15.6. The molecular formula is C30H24F8N4O4. The lowest BCUT2D eigenvalue weighted by atomic mass is 9.82. The third kappa shape index (κ3) is 5.65. The fourth-order valence-corrected chi connectivity index (χ4v) is 5.01. The maximum Gasteiger partial charge on any atom is 0.424 e. The summed E-state index contributed by atoms with van der Waals surface area (Å²) in [6.45, 7) is -3.37. The minimum absolute atomic E-state index is 0.0940. The zero-order valence-electron chi connectivity index (χ0n) is 24.0. The topological polar surface area (TPSA) is 106 Å². The first-order chi connectivity index (χ1) is 21.6. The Kier molecular flexibility index (Phi) is 8.30. The first-order valence-corrected chi connectivity index (χ1v) is 13.4. The van der Waals surface area contributed by atoms with Crippen molar-refractivity contribution in [2.45, 2.75) is 30.3 Å². The number of alkyl halides is 8. The Morgan fingerprint density at radius 3 is 2.28 bits per heavy atom. The molecule has 5 rings (SSSR count). The quantitative estimate of drug-likeness (QED) is 0.232. The maximum absolute atomic E-state index is 14.7. The van der Waals surface area contributed by atoms with E-state index in [9.17, 15) is 45.0 Å². The second-order valence-electron chi connectivity index (χ2n) is 10.8. The SMILES string of the molecule is COc1cc(C(=O)NCC(O)(c2cc3c(c(-c4ccc(C(F)(F)F)cc4)n2)OCC3(CF)CF)C(F)(F)F)cc2cc(C)nnc12. The lowest BCUT2D eigenvalue weighted by molar-refractivity contribution is -0.265. The highest BCUT2D eigenvalue weighted by molar-refractivity contribution is 5.99. The molecule has 8 nitrogen and oxygen atoms in total. The van der Waals surface area contributed by atoms with E-state index in [1.54, 1.807) is 13.0 Å². The Morgan fingerprint density at radius 2 is 1.70 bits per heavy atom. The van der Waals surface area contributed by atoms with Crippen LogP contribution in [0.1, 0.15) is 32.9 Å². The number of nitrogens with zero attached hydrogens (tertiary/aromatic N) is 3. The van der Waals surface area contributed by atoms with Gasteiger partial charge in [0, 0.05) is 22.1 Å². The van der Waals surface area contributed by atoms with Crippen molar-refractivity contribution >= 4 is 16.8 Å². The van der Waals surface area contributed by atoms with E-state index in [1.807, 2.05) is 5.32 Å². The Morgan fingerprint density at radius 1 is 1.02 bits per heavy atom. The van der Waals surface area contributed by atoms with E-state index in [4.69, 9.17) is 9.47 Å². The van der Waals surface area contributed by atoms with Crippen LogP contribution in [0.2, 0.25) is 0 Å². The minimum atomic E-state index is -5.53. The van der Waals surface area contributed by atoms with Crippen molar-refractivity contribution in [2.24, 2.45) is 0 Å². The van der Waals surface area contributed by atoms with Crippen LogP contribution in [-0.4, -0.2) is 66.0 Å². The summed E-state index contributed by atoms with van der Waals surface area (Å²) in [6.07, 6.45) is -10.3. The number of rotatable bonds is 8. The highest BCUT2D eigenvalue weighted by Crippen LogP contribution is 2.48. The molecule has 0 radical (unpaired) electrons. The first kappa shape index (κ1) is 32.8. The van der Waals surface area contributed by atoms with Gasteiger partial charge in [0.1, 0.15) is 42.7 Å². The zero-order chi connectivity index (χ0) is 33.7. The number of aliphatic hydroxyl groups is 1. The summed E-state index contributed by atoms with van der Waals surface area (Å²) in [5.74, 6) is -1.32. The van der Waals surface area contributed by atoms with E-state index in [0.29, 0.717) is 29.3 Å². The molecule has 0 fully saturated rings. The third-order valence-corrected chi connectivity index (χ3v) is 7.69. The number of carbonyl (C=O) groups excluding carboxylic acids is 1. The molecule has 4 aromatic rings. The van der Waals surface area contributed by atoms with Gasteiger partial charge in [0.15, 0.2) is 0 Å². The number of pyridine rings is 1. The molecule has 3 heterocycles. The second kappa shape index (κ2) is 11.6. The Bertz CT molecular complexity index is 1790. The number of hydrogen-bond acceptors (Lipinski definition) is 7. The van der Waals surface area contributed by atoms with Crippen LogP contribution in [0.25, 0.3) is 22.2 Å². The molecule has 1 amide bonds. The van der Waals surface area contributed by atoms with Gasteiger partial charge in [-0.15, -0.1) is 5.10 Å². The number of benzene rings is 2. The van der Waals surface area contributed by atoms with Gasteiger partial charge in [0.2, 0.25) is 5.60 Å². The molecule has 2 aromatic carbocycles. The second-order valence-corrected chi connectivity index (χ2v) is 10.8. The van der Waals surface area contributed by atoms with Gasteiger partial charge in [0.05, 0.1) is 36.0 Å². The van der Waals surface area contributed by atoms with Gasteiger partial charge in [-0.05, 0) is 43.3 Å². The van der Waals surface area contributed by atoms with E-state index in [-0.39, 0.29) is 28.1 Å². The van der Waals surface area contributed by atoms with Gasteiger partial charge < -0.3 is 19.9 Å². The Balaban J connectivity index is 1.59. The maximum atomic E-state index is 14.7. The van der Waals surface area contributed by atoms with Crippen LogP contribution in [0.4, 0.5) is 35.1 Å². The Hall–Kier alpha value is -4.60. The van der Waals surface area contributed by atoms with E-state index in [1.165, 1.54) is 19.2 Å².